The van der Waals surface area contributed by atoms with Crippen molar-refractivity contribution >= 4 is 28.2 Å². The normalized spacial score (nSPS) is 11.1. The number of carbonyl (C=O) groups excluding carboxylic acids is 1. The molecular weight excluding hydrogens is 400 g/mol. The van der Waals surface area contributed by atoms with E-state index in [4.69, 9.17) is 8.94 Å². The number of nitrogens with one attached hydrogen (secondary N) is 1. The first-order valence-corrected chi connectivity index (χ1v) is 10.1. The van der Waals surface area contributed by atoms with E-state index in [1.165, 1.54) is 11.3 Å². The number of rotatable bonds is 5. The number of fused-ring (bicyclic) bond motifs is 1. The minimum Gasteiger partial charge on any atom is -0.465 e. The summed E-state index contributed by atoms with van der Waals surface area (Å²) in [6.45, 7) is 2.19. The third kappa shape index (κ3) is 3.48. The summed E-state index contributed by atoms with van der Waals surface area (Å²) in [4.78, 5) is 21.4. The molecule has 5 aromatic rings. The van der Waals surface area contributed by atoms with E-state index in [0.717, 1.165) is 21.7 Å². The maximum atomic E-state index is 12.6. The summed E-state index contributed by atoms with van der Waals surface area (Å²) >= 11 is 1.51. The van der Waals surface area contributed by atoms with E-state index in [1.807, 2.05) is 36.6 Å². The third-order valence-electron chi connectivity index (χ3n) is 4.61. The van der Waals surface area contributed by atoms with Gasteiger partial charge in [-0.25, -0.2) is 4.98 Å². The Bertz CT molecular complexity index is 1340. The molecule has 7 nitrogen and oxygen atoms in total. The first-order valence-electron chi connectivity index (χ1n) is 9.26. The van der Waals surface area contributed by atoms with Crippen molar-refractivity contribution in [3.05, 3.63) is 77.3 Å². The highest BCUT2D eigenvalue weighted by molar-refractivity contribution is 7.13. The molecule has 0 saturated carbocycles. The van der Waals surface area contributed by atoms with Gasteiger partial charge in [0.2, 0.25) is 0 Å². The van der Waals surface area contributed by atoms with Gasteiger partial charge in [0.15, 0.2) is 5.58 Å². The molecule has 8 heteroatoms. The molecule has 5 rings (SSSR count). The number of benzene rings is 1. The van der Waals surface area contributed by atoms with Gasteiger partial charge < -0.3 is 14.3 Å². The number of carbonyl (C=O) groups is 1. The Morgan fingerprint density at radius 1 is 1.20 bits per heavy atom. The lowest BCUT2D eigenvalue weighted by Gasteiger charge is -2.03. The van der Waals surface area contributed by atoms with Crippen LogP contribution in [0.25, 0.3) is 32.9 Å². The van der Waals surface area contributed by atoms with Crippen LogP contribution in [0, 0.1) is 6.92 Å². The van der Waals surface area contributed by atoms with Crippen LogP contribution in [0.15, 0.2) is 69.2 Å². The molecule has 1 amide bonds. The summed E-state index contributed by atoms with van der Waals surface area (Å²) in [5.41, 5.74) is 3.35. The van der Waals surface area contributed by atoms with E-state index >= 15 is 0 Å². The summed E-state index contributed by atoms with van der Waals surface area (Å²) < 4.78 is 10.9. The topological polar surface area (TPSA) is 94.1 Å². The lowest BCUT2D eigenvalue weighted by molar-refractivity contribution is 0.0948. The molecule has 0 fully saturated rings. The highest BCUT2D eigenvalue weighted by Crippen LogP contribution is 2.32. The van der Waals surface area contributed by atoms with Crippen molar-refractivity contribution in [2.45, 2.75) is 13.5 Å². The van der Waals surface area contributed by atoms with Crippen LogP contribution in [0.1, 0.15) is 21.9 Å². The molecule has 0 spiro atoms. The fourth-order valence-electron chi connectivity index (χ4n) is 3.12. The Balaban J connectivity index is 1.42. The van der Waals surface area contributed by atoms with E-state index in [2.05, 4.69) is 20.4 Å². The van der Waals surface area contributed by atoms with Crippen LogP contribution in [-0.4, -0.2) is 21.0 Å². The lowest BCUT2D eigenvalue weighted by Crippen LogP contribution is -2.22. The maximum Gasteiger partial charge on any atom is 0.251 e. The molecule has 0 bridgehead atoms. The van der Waals surface area contributed by atoms with Crippen LogP contribution in [0.3, 0.4) is 0 Å². The van der Waals surface area contributed by atoms with Gasteiger partial charge in [-0.1, -0.05) is 5.16 Å². The molecule has 1 N–H and O–H groups in total. The molecule has 0 aliphatic carbocycles. The molecule has 1 aromatic carbocycles. The Labute approximate surface area is 175 Å². The molecule has 0 aliphatic heterocycles. The van der Waals surface area contributed by atoms with Crippen molar-refractivity contribution < 1.29 is 13.7 Å². The molecule has 4 heterocycles. The zero-order chi connectivity index (χ0) is 20.5. The van der Waals surface area contributed by atoms with Crippen LogP contribution in [0.4, 0.5) is 0 Å². The minimum absolute atomic E-state index is 0.201. The van der Waals surface area contributed by atoms with Gasteiger partial charge in [0.25, 0.3) is 5.91 Å². The van der Waals surface area contributed by atoms with E-state index in [1.54, 1.807) is 30.6 Å². The second-order valence-electron chi connectivity index (χ2n) is 6.72. The number of aromatic nitrogens is 3. The maximum absolute atomic E-state index is 12.6. The second-order valence-corrected chi connectivity index (χ2v) is 7.57. The average Bonchev–Trinajstić information content (AvgIpc) is 3.51. The number of hydrogen-bond acceptors (Lipinski definition) is 7. The average molecular weight is 416 g/mol. The standard InChI is InChI=1S/C22H16N4O3S/c1-13-4-6-16(28-13)11-24-21(27)14-5-7-19-17(9-14)20(26-29-19)18-12-30-22(25-18)15-3-2-8-23-10-15/h2-10,12H,11H2,1H3,(H,24,27). The van der Waals surface area contributed by atoms with Crippen molar-refractivity contribution in [1.82, 2.24) is 20.4 Å². The number of pyridine rings is 1. The van der Waals surface area contributed by atoms with Gasteiger partial charge in [-0.3, -0.25) is 9.78 Å². The monoisotopic (exact) mass is 416 g/mol. The summed E-state index contributed by atoms with van der Waals surface area (Å²) in [5.74, 6) is 1.31. The minimum atomic E-state index is -0.201. The van der Waals surface area contributed by atoms with Crippen molar-refractivity contribution in [1.29, 1.82) is 0 Å². The van der Waals surface area contributed by atoms with Gasteiger partial charge in [-0.2, -0.15) is 0 Å². The first-order chi connectivity index (χ1) is 14.7. The molecule has 0 atom stereocenters. The highest BCUT2D eigenvalue weighted by atomic mass is 32.1. The number of amides is 1. The zero-order valence-corrected chi connectivity index (χ0v) is 16.8. The number of furan rings is 1. The molecule has 0 saturated heterocycles. The van der Waals surface area contributed by atoms with Crippen molar-refractivity contribution in [3.8, 4) is 22.0 Å². The van der Waals surface area contributed by atoms with Crippen LogP contribution in [0.5, 0.6) is 0 Å². The largest absolute Gasteiger partial charge is 0.465 e. The Kier molecular flexibility index (Phi) is 4.61. The molecular formula is C22H16N4O3S. The van der Waals surface area contributed by atoms with E-state index in [-0.39, 0.29) is 5.91 Å². The van der Waals surface area contributed by atoms with Gasteiger partial charge in [0, 0.05) is 28.9 Å². The summed E-state index contributed by atoms with van der Waals surface area (Å²) in [7, 11) is 0. The predicted octanol–water partition coefficient (Wildman–Crippen LogP) is 4.84. The quantitative estimate of drug-likeness (QED) is 0.440. The third-order valence-corrected chi connectivity index (χ3v) is 5.50. The predicted molar refractivity (Wildman–Crippen MR) is 113 cm³/mol. The fraction of sp³-hybridized carbons (Fsp3) is 0.0909. The van der Waals surface area contributed by atoms with Crippen molar-refractivity contribution in [2.75, 3.05) is 0 Å². The highest BCUT2D eigenvalue weighted by Gasteiger charge is 2.17. The Hall–Kier alpha value is -3.78. The second kappa shape index (κ2) is 7.57. The lowest BCUT2D eigenvalue weighted by atomic mass is 10.1. The number of aryl methyl sites for hydroxylation is 1. The molecule has 0 aliphatic rings. The van der Waals surface area contributed by atoms with Gasteiger partial charge in [-0.15, -0.1) is 11.3 Å². The molecule has 30 heavy (non-hydrogen) atoms. The van der Waals surface area contributed by atoms with E-state index < -0.39 is 0 Å². The van der Waals surface area contributed by atoms with Crippen molar-refractivity contribution in [3.63, 3.8) is 0 Å². The van der Waals surface area contributed by atoms with E-state index in [9.17, 15) is 4.79 Å². The Morgan fingerprint density at radius 2 is 2.13 bits per heavy atom. The molecule has 0 unspecified atom stereocenters. The summed E-state index contributed by atoms with van der Waals surface area (Å²) in [6, 6.07) is 12.8. The summed E-state index contributed by atoms with van der Waals surface area (Å²) in [6.07, 6.45) is 3.50. The number of thiazole rings is 1. The molecule has 0 radical (unpaired) electrons. The van der Waals surface area contributed by atoms with Crippen LogP contribution in [0.2, 0.25) is 0 Å². The van der Waals surface area contributed by atoms with Gasteiger partial charge in [0.05, 0.1) is 11.9 Å². The number of nitrogens with zero attached hydrogens (tertiary/aromatic N) is 3. The summed E-state index contributed by atoms with van der Waals surface area (Å²) in [5, 5.41) is 10.5. The molecule has 148 valence electrons. The van der Waals surface area contributed by atoms with Gasteiger partial charge >= 0.3 is 0 Å². The van der Waals surface area contributed by atoms with Gasteiger partial charge in [-0.05, 0) is 49.4 Å². The van der Waals surface area contributed by atoms with Crippen LogP contribution in [-0.2, 0) is 6.54 Å². The Morgan fingerprint density at radius 3 is 2.93 bits per heavy atom. The smallest absolute Gasteiger partial charge is 0.251 e. The van der Waals surface area contributed by atoms with Crippen LogP contribution < -0.4 is 5.32 Å². The first kappa shape index (κ1) is 18.3. The zero-order valence-electron chi connectivity index (χ0n) is 16.0. The fourth-order valence-corrected chi connectivity index (χ4v) is 3.91. The van der Waals surface area contributed by atoms with Crippen LogP contribution >= 0.6 is 11.3 Å². The SMILES string of the molecule is Cc1ccc(CNC(=O)c2ccc3onc(-c4csc(-c5cccnc5)n4)c3c2)o1. The number of hydrogen-bond donors (Lipinski definition) is 1. The van der Waals surface area contributed by atoms with Crippen molar-refractivity contribution in [2.24, 2.45) is 0 Å². The van der Waals surface area contributed by atoms with E-state index in [0.29, 0.717) is 34.8 Å². The molecule has 4 aromatic heterocycles. The van der Waals surface area contributed by atoms with Gasteiger partial charge in [0.1, 0.15) is 27.9 Å².